The normalized spacial score (nSPS) is 12.9. The first kappa shape index (κ1) is 24.2. The summed E-state index contributed by atoms with van der Waals surface area (Å²) in [6.07, 6.45) is 2.34. The smallest absolute Gasteiger partial charge is 0.305 e. The van der Waals surface area contributed by atoms with E-state index in [0.29, 0.717) is 12.8 Å². The van der Waals surface area contributed by atoms with Gasteiger partial charge in [0.2, 0.25) is 11.8 Å². The van der Waals surface area contributed by atoms with Gasteiger partial charge in [0.1, 0.15) is 0 Å². The molecule has 0 atom stereocenters. The molecule has 0 aromatic heterocycles. The van der Waals surface area contributed by atoms with E-state index < -0.39 is 11.5 Å². The number of amides is 2. The first-order chi connectivity index (χ1) is 16.9. The summed E-state index contributed by atoms with van der Waals surface area (Å²) in [6, 6.07) is 24.8. The molecular formula is C29H30N2O4. The monoisotopic (exact) mass is 470 g/mol. The molecule has 0 unspecified atom stereocenters. The number of aryl methyl sites for hydroxylation is 2. The maximum Gasteiger partial charge on any atom is 0.305 e. The molecule has 180 valence electrons. The lowest BCUT2D eigenvalue weighted by Crippen LogP contribution is -2.45. The fourth-order valence-electron chi connectivity index (χ4n) is 4.95. The van der Waals surface area contributed by atoms with Gasteiger partial charge in [-0.3, -0.25) is 14.4 Å². The third kappa shape index (κ3) is 5.43. The number of aliphatic carboxylic acids is 1. The van der Waals surface area contributed by atoms with Crippen LogP contribution in [0.15, 0.2) is 72.8 Å². The van der Waals surface area contributed by atoms with Gasteiger partial charge in [-0.15, -0.1) is 0 Å². The molecule has 1 aliphatic carbocycles. The SMILES string of the molecule is CC(=O)NC1(CCc2ccc(CCC(=O)NCCC(=O)O)cc2)c2ccccc2-c2ccccc21. The number of hydrogen-bond acceptors (Lipinski definition) is 3. The van der Waals surface area contributed by atoms with Gasteiger partial charge in [0.05, 0.1) is 12.0 Å². The number of rotatable bonds is 10. The van der Waals surface area contributed by atoms with Gasteiger partial charge < -0.3 is 15.7 Å². The summed E-state index contributed by atoms with van der Waals surface area (Å²) in [5, 5.41) is 14.6. The van der Waals surface area contributed by atoms with Crippen molar-refractivity contribution in [1.29, 1.82) is 0 Å². The molecule has 0 fully saturated rings. The number of hydrogen-bond donors (Lipinski definition) is 3. The van der Waals surface area contributed by atoms with Gasteiger partial charge in [-0.05, 0) is 52.6 Å². The van der Waals surface area contributed by atoms with Crippen molar-refractivity contribution in [3.05, 3.63) is 95.1 Å². The zero-order valence-corrected chi connectivity index (χ0v) is 19.8. The minimum absolute atomic E-state index is 0.0616. The van der Waals surface area contributed by atoms with Crippen molar-refractivity contribution >= 4 is 17.8 Å². The Morgan fingerprint density at radius 2 is 1.31 bits per heavy atom. The fourth-order valence-corrected chi connectivity index (χ4v) is 4.95. The maximum absolute atomic E-state index is 12.3. The summed E-state index contributed by atoms with van der Waals surface area (Å²) in [5.74, 6) is -1.13. The number of carboxylic acids is 1. The van der Waals surface area contributed by atoms with Crippen LogP contribution >= 0.6 is 0 Å². The fraction of sp³-hybridized carbons (Fsp3) is 0.276. The van der Waals surface area contributed by atoms with Gasteiger partial charge in [-0.2, -0.15) is 0 Å². The molecule has 3 N–H and O–H groups in total. The first-order valence-electron chi connectivity index (χ1n) is 11.9. The highest BCUT2D eigenvalue weighted by molar-refractivity contribution is 5.84. The molecule has 1 aliphatic rings. The number of carboxylic acid groups (broad SMARTS) is 1. The second-order valence-corrected chi connectivity index (χ2v) is 8.99. The van der Waals surface area contributed by atoms with E-state index in [1.807, 2.05) is 36.4 Å². The molecule has 0 spiro atoms. The van der Waals surface area contributed by atoms with E-state index >= 15 is 0 Å². The van der Waals surface area contributed by atoms with Crippen molar-refractivity contribution in [1.82, 2.24) is 10.6 Å². The van der Waals surface area contributed by atoms with Crippen LogP contribution in [0.2, 0.25) is 0 Å². The van der Waals surface area contributed by atoms with Crippen LogP contribution in [0.4, 0.5) is 0 Å². The Morgan fingerprint density at radius 1 is 0.771 bits per heavy atom. The zero-order valence-electron chi connectivity index (χ0n) is 19.8. The van der Waals surface area contributed by atoms with E-state index in [2.05, 4.69) is 47.0 Å². The Hall–Kier alpha value is -3.93. The number of nitrogens with one attached hydrogen (secondary N) is 2. The van der Waals surface area contributed by atoms with E-state index in [4.69, 9.17) is 5.11 Å². The lowest BCUT2D eigenvalue weighted by molar-refractivity contribution is -0.137. The second-order valence-electron chi connectivity index (χ2n) is 8.99. The average molecular weight is 471 g/mol. The van der Waals surface area contributed by atoms with Crippen molar-refractivity contribution in [2.24, 2.45) is 0 Å². The molecule has 0 heterocycles. The Bertz CT molecular complexity index is 1190. The van der Waals surface area contributed by atoms with Gasteiger partial charge in [-0.1, -0.05) is 72.8 Å². The van der Waals surface area contributed by atoms with E-state index in [9.17, 15) is 14.4 Å². The molecule has 0 saturated heterocycles. The highest BCUT2D eigenvalue weighted by Crippen LogP contribution is 2.49. The predicted molar refractivity (Wildman–Crippen MR) is 135 cm³/mol. The Morgan fingerprint density at radius 3 is 1.86 bits per heavy atom. The molecular weight excluding hydrogens is 440 g/mol. The summed E-state index contributed by atoms with van der Waals surface area (Å²) < 4.78 is 0. The third-order valence-electron chi connectivity index (χ3n) is 6.57. The van der Waals surface area contributed by atoms with E-state index in [1.54, 1.807) is 6.92 Å². The summed E-state index contributed by atoms with van der Waals surface area (Å²) in [6.45, 7) is 1.72. The Labute approximate surface area is 205 Å². The minimum Gasteiger partial charge on any atom is -0.481 e. The van der Waals surface area contributed by atoms with Crippen molar-refractivity contribution < 1.29 is 19.5 Å². The standard InChI is InChI=1S/C29H30N2O4/c1-20(32)31-29(25-8-4-2-6-23(25)24-7-3-5-9-26(24)29)18-16-22-12-10-21(11-13-22)14-15-27(33)30-19-17-28(34)35/h2-13H,14-19H2,1H3,(H,30,33)(H,31,32)(H,34,35). The van der Waals surface area contributed by atoms with Crippen LogP contribution in [0.5, 0.6) is 0 Å². The summed E-state index contributed by atoms with van der Waals surface area (Å²) >= 11 is 0. The Kier molecular flexibility index (Phi) is 7.30. The van der Waals surface area contributed by atoms with Gasteiger partial charge in [-0.25, -0.2) is 0 Å². The molecule has 4 rings (SSSR count). The predicted octanol–water partition coefficient (Wildman–Crippen LogP) is 4.20. The second kappa shape index (κ2) is 10.6. The molecule has 3 aromatic rings. The quantitative estimate of drug-likeness (QED) is 0.414. The first-order valence-corrected chi connectivity index (χ1v) is 11.9. The lowest BCUT2D eigenvalue weighted by atomic mass is 9.82. The molecule has 6 heteroatoms. The molecule has 35 heavy (non-hydrogen) atoms. The van der Waals surface area contributed by atoms with E-state index in [1.165, 1.54) is 0 Å². The number of fused-ring (bicyclic) bond motifs is 3. The molecule has 0 bridgehead atoms. The largest absolute Gasteiger partial charge is 0.481 e. The maximum atomic E-state index is 12.3. The molecule has 0 saturated carbocycles. The van der Waals surface area contributed by atoms with Crippen LogP contribution in [0.25, 0.3) is 11.1 Å². The van der Waals surface area contributed by atoms with E-state index in [-0.39, 0.29) is 24.8 Å². The summed E-state index contributed by atoms with van der Waals surface area (Å²) in [7, 11) is 0. The van der Waals surface area contributed by atoms with Crippen molar-refractivity contribution in [3.8, 4) is 11.1 Å². The van der Waals surface area contributed by atoms with Crippen molar-refractivity contribution in [2.45, 2.75) is 44.6 Å². The Balaban J connectivity index is 1.45. The summed E-state index contributed by atoms with van der Waals surface area (Å²) in [5.41, 5.74) is 6.21. The minimum atomic E-state index is -0.925. The highest BCUT2D eigenvalue weighted by Gasteiger charge is 2.43. The molecule has 3 aromatic carbocycles. The summed E-state index contributed by atoms with van der Waals surface area (Å²) in [4.78, 5) is 34.8. The van der Waals surface area contributed by atoms with Crippen molar-refractivity contribution in [2.75, 3.05) is 6.54 Å². The average Bonchev–Trinajstić information content (AvgIpc) is 3.12. The van der Waals surface area contributed by atoms with Gasteiger partial charge in [0.15, 0.2) is 0 Å². The zero-order chi connectivity index (χ0) is 24.8. The topological polar surface area (TPSA) is 95.5 Å². The van der Waals surface area contributed by atoms with Crippen LogP contribution in [0.1, 0.15) is 48.4 Å². The van der Waals surface area contributed by atoms with Gasteiger partial charge in [0.25, 0.3) is 0 Å². The van der Waals surface area contributed by atoms with E-state index in [0.717, 1.165) is 46.2 Å². The van der Waals surface area contributed by atoms with Gasteiger partial charge >= 0.3 is 5.97 Å². The van der Waals surface area contributed by atoms with Crippen molar-refractivity contribution in [3.63, 3.8) is 0 Å². The lowest BCUT2D eigenvalue weighted by Gasteiger charge is -2.33. The molecule has 2 amide bonds. The van der Waals surface area contributed by atoms with Gasteiger partial charge in [0, 0.05) is 19.9 Å². The van der Waals surface area contributed by atoms with Crippen LogP contribution in [0, 0.1) is 0 Å². The number of carbonyl (C=O) groups is 3. The van der Waals surface area contributed by atoms with Crippen LogP contribution in [-0.4, -0.2) is 29.4 Å². The molecule has 6 nitrogen and oxygen atoms in total. The highest BCUT2D eigenvalue weighted by atomic mass is 16.4. The molecule has 0 aliphatic heterocycles. The van der Waals surface area contributed by atoms with Crippen LogP contribution < -0.4 is 10.6 Å². The molecule has 0 radical (unpaired) electrons. The van der Waals surface area contributed by atoms with Crippen LogP contribution in [-0.2, 0) is 32.8 Å². The third-order valence-corrected chi connectivity index (χ3v) is 6.57. The number of carbonyl (C=O) groups excluding carboxylic acids is 2. The number of benzene rings is 3. The van der Waals surface area contributed by atoms with Crippen LogP contribution in [0.3, 0.4) is 0 Å².